The van der Waals surface area contributed by atoms with Gasteiger partial charge in [-0.05, 0) is 56.2 Å². The topological polar surface area (TPSA) is 117 Å². The number of allylic oxidation sites excluding steroid dienone is 1. The van der Waals surface area contributed by atoms with Gasteiger partial charge in [0, 0.05) is 22.6 Å². The van der Waals surface area contributed by atoms with Crippen LogP contribution in [-0.4, -0.2) is 19.7 Å². The first-order valence-corrected chi connectivity index (χ1v) is 12.1. The summed E-state index contributed by atoms with van der Waals surface area (Å²) in [5.74, 6) is 0.734. The van der Waals surface area contributed by atoms with Gasteiger partial charge in [0.2, 0.25) is 11.6 Å². The van der Waals surface area contributed by atoms with Gasteiger partial charge in [-0.25, -0.2) is 4.79 Å². The maximum absolute atomic E-state index is 13.0. The minimum absolute atomic E-state index is 0.0233. The Hall–Kier alpha value is -4.90. The van der Waals surface area contributed by atoms with Crippen molar-refractivity contribution < 1.29 is 28.2 Å². The molecule has 8 nitrogen and oxygen atoms in total. The number of carbonyl (C=O) groups is 1. The standard InChI is InChI=1S/C30H26N2O6/c1-5-35-23-11-7-18(13-26(23)34-4)27-21-10-8-19(14-25(21)38-29(32)22(27)15-31)36-30(33)28-17(3)20-9-6-16(2)12-24(20)37-28/h6-14,27H,5,32H2,1-4H3. The molecule has 0 saturated heterocycles. The smallest absolute Gasteiger partial charge is 0.379 e. The third-order valence-electron chi connectivity index (χ3n) is 6.50. The average Bonchev–Trinajstić information content (AvgIpc) is 3.23. The molecule has 0 amide bonds. The summed E-state index contributed by atoms with van der Waals surface area (Å²) in [7, 11) is 1.56. The molecule has 1 aromatic heterocycles. The van der Waals surface area contributed by atoms with E-state index in [4.69, 9.17) is 29.1 Å². The van der Waals surface area contributed by atoms with Crippen LogP contribution in [0, 0.1) is 25.2 Å². The second-order valence-electron chi connectivity index (χ2n) is 8.91. The summed E-state index contributed by atoms with van der Waals surface area (Å²) >= 11 is 0. The zero-order valence-corrected chi connectivity index (χ0v) is 21.5. The van der Waals surface area contributed by atoms with Gasteiger partial charge in [0.1, 0.15) is 28.7 Å². The van der Waals surface area contributed by atoms with E-state index in [2.05, 4.69) is 6.07 Å². The molecule has 3 aromatic carbocycles. The molecular weight excluding hydrogens is 484 g/mol. The fourth-order valence-electron chi connectivity index (χ4n) is 4.66. The van der Waals surface area contributed by atoms with Gasteiger partial charge in [0.15, 0.2) is 11.5 Å². The van der Waals surface area contributed by atoms with Crippen molar-refractivity contribution in [3.63, 3.8) is 0 Å². The molecule has 1 aliphatic rings. The molecule has 1 aliphatic heterocycles. The summed E-state index contributed by atoms with van der Waals surface area (Å²) in [6, 6.07) is 18.4. The Balaban J connectivity index is 1.49. The van der Waals surface area contributed by atoms with E-state index in [-0.39, 0.29) is 23.0 Å². The fraction of sp³-hybridized carbons (Fsp3) is 0.200. The van der Waals surface area contributed by atoms with Crippen LogP contribution in [0.2, 0.25) is 0 Å². The number of nitrogens with two attached hydrogens (primary N) is 1. The largest absolute Gasteiger partial charge is 0.493 e. The molecule has 0 fully saturated rings. The SMILES string of the molecule is CCOc1ccc(C2C(C#N)=C(N)Oc3cc(OC(=O)c4oc5cc(C)ccc5c4C)ccc32)cc1OC. The molecule has 2 heterocycles. The van der Waals surface area contributed by atoms with Crippen LogP contribution in [0.5, 0.6) is 23.0 Å². The summed E-state index contributed by atoms with van der Waals surface area (Å²) in [4.78, 5) is 13.0. The lowest BCUT2D eigenvalue weighted by atomic mass is 9.83. The van der Waals surface area contributed by atoms with Gasteiger partial charge in [-0.2, -0.15) is 5.26 Å². The van der Waals surface area contributed by atoms with Crippen LogP contribution >= 0.6 is 0 Å². The van der Waals surface area contributed by atoms with Gasteiger partial charge in [0.05, 0.1) is 19.6 Å². The number of nitrogens with zero attached hydrogens (tertiary/aromatic N) is 1. The first-order chi connectivity index (χ1) is 18.3. The van der Waals surface area contributed by atoms with Gasteiger partial charge >= 0.3 is 5.97 Å². The zero-order valence-electron chi connectivity index (χ0n) is 21.5. The van der Waals surface area contributed by atoms with Crippen LogP contribution in [0.25, 0.3) is 11.0 Å². The molecule has 1 unspecified atom stereocenters. The minimum atomic E-state index is -0.624. The fourth-order valence-corrected chi connectivity index (χ4v) is 4.66. The Kier molecular flexibility index (Phi) is 6.43. The highest BCUT2D eigenvalue weighted by atomic mass is 16.5. The molecule has 4 aromatic rings. The van der Waals surface area contributed by atoms with Gasteiger partial charge < -0.3 is 29.1 Å². The summed E-state index contributed by atoms with van der Waals surface area (Å²) in [6.45, 7) is 6.15. The van der Waals surface area contributed by atoms with E-state index >= 15 is 0 Å². The Morgan fingerprint density at radius 1 is 1.08 bits per heavy atom. The monoisotopic (exact) mass is 510 g/mol. The lowest BCUT2D eigenvalue weighted by Crippen LogP contribution is -2.21. The van der Waals surface area contributed by atoms with E-state index in [1.54, 1.807) is 31.4 Å². The number of fused-ring (bicyclic) bond motifs is 2. The van der Waals surface area contributed by atoms with Crippen molar-refractivity contribution in [2.45, 2.75) is 26.7 Å². The maximum Gasteiger partial charge on any atom is 0.379 e. The number of furan rings is 1. The number of hydrogen-bond donors (Lipinski definition) is 1. The predicted molar refractivity (Wildman–Crippen MR) is 141 cm³/mol. The minimum Gasteiger partial charge on any atom is -0.493 e. The van der Waals surface area contributed by atoms with Crippen LogP contribution in [-0.2, 0) is 0 Å². The van der Waals surface area contributed by atoms with Crippen LogP contribution in [0.3, 0.4) is 0 Å². The first kappa shape index (κ1) is 24.8. The van der Waals surface area contributed by atoms with E-state index in [1.165, 1.54) is 0 Å². The molecule has 0 bridgehead atoms. The van der Waals surface area contributed by atoms with Gasteiger partial charge in [-0.3, -0.25) is 0 Å². The van der Waals surface area contributed by atoms with Crippen LogP contribution in [0.15, 0.2) is 70.5 Å². The second-order valence-corrected chi connectivity index (χ2v) is 8.91. The molecule has 5 rings (SSSR count). The molecule has 0 spiro atoms. The first-order valence-electron chi connectivity index (χ1n) is 12.1. The van der Waals surface area contributed by atoms with Gasteiger partial charge in [-0.1, -0.05) is 24.3 Å². The van der Waals surface area contributed by atoms with Crippen molar-refractivity contribution in [1.82, 2.24) is 0 Å². The number of hydrogen-bond acceptors (Lipinski definition) is 8. The lowest BCUT2D eigenvalue weighted by Gasteiger charge is -2.27. The molecule has 192 valence electrons. The molecule has 38 heavy (non-hydrogen) atoms. The Bertz CT molecular complexity index is 1640. The summed E-state index contributed by atoms with van der Waals surface area (Å²) in [6.07, 6.45) is 0. The number of benzene rings is 3. The molecule has 0 saturated carbocycles. The van der Waals surface area contributed by atoms with Gasteiger partial charge in [-0.15, -0.1) is 0 Å². The molecule has 2 N–H and O–H groups in total. The number of methoxy groups -OCH3 is 1. The van der Waals surface area contributed by atoms with E-state index in [1.807, 2.05) is 51.1 Å². The van der Waals surface area contributed by atoms with E-state index in [0.717, 1.165) is 16.5 Å². The molecule has 8 heteroatoms. The van der Waals surface area contributed by atoms with Crippen molar-refractivity contribution in [2.24, 2.45) is 5.73 Å². The highest BCUT2D eigenvalue weighted by Crippen LogP contribution is 2.45. The summed E-state index contributed by atoms with van der Waals surface area (Å²) in [5.41, 5.74) is 10.2. The molecule has 1 atom stereocenters. The van der Waals surface area contributed by atoms with Crippen LogP contribution < -0.4 is 24.7 Å². The number of ether oxygens (including phenoxy) is 4. The van der Waals surface area contributed by atoms with Crippen molar-refractivity contribution in [3.05, 3.63) is 94.1 Å². The second kappa shape index (κ2) is 9.87. The van der Waals surface area contributed by atoms with Crippen LogP contribution in [0.1, 0.15) is 45.7 Å². The zero-order chi connectivity index (χ0) is 27.0. The van der Waals surface area contributed by atoms with Crippen molar-refractivity contribution >= 4 is 16.9 Å². The van der Waals surface area contributed by atoms with Gasteiger partial charge in [0.25, 0.3) is 0 Å². The normalized spacial score (nSPS) is 14.4. The number of aryl methyl sites for hydroxylation is 2. The number of nitriles is 1. The lowest BCUT2D eigenvalue weighted by molar-refractivity contribution is 0.0702. The highest BCUT2D eigenvalue weighted by Gasteiger charge is 2.32. The maximum atomic E-state index is 13.0. The van der Waals surface area contributed by atoms with E-state index < -0.39 is 11.9 Å². The Morgan fingerprint density at radius 2 is 1.89 bits per heavy atom. The Morgan fingerprint density at radius 3 is 2.63 bits per heavy atom. The Labute approximate surface area is 219 Å². The summed E-state index contributed by atoms with van der Waals surface area (Å²) in [5, 5.41) is 10.7. The van der Waals surface area contributed by atoms with E-state index in [9.17, 15) is 10.1 Å². The molecule has 0 radical (unpaired) electrons. The third-order valence-corrected chi connectivity index (χ3v) is 6.50. The van der Waals surface area contributed by atoms with Crippen molar-refractivity contribution in [1.29, 1.82) is 5.26 Å². The van der Waals surface area contributed by atoms with E-state index in [0.29, 0.717) is 40.6 Å². The molecule has 0 aliphatic carbocycles. The van der Waals surface area contributed by atoms with Crippen molar-refractivity contribution in [2.75, 3.05) is 13.7 Å². The molecular formula is C30H26N2O6. The number of carbonyl (C=O) groups excluding carboxylic acids is 1. The highest BCUT2D eigenvalue weighted by molar-refractivity contribution is 5.97. The number of esters is 1. The average molecular weight is 511 g/mol. The predicted octanol–water partition coefficient (Wildman–Crippen LogP) is 5.89. The van der Waals surface area contributed by atoms with Crippen LogP contribution in [0.4, 0.5) is 0 Å². The third kappa shape index (κ3) is 4.28. The quantitative estimate of drug-likeness (QED) is 0.252. The summed E-state index contributed by atoms with van der Waals surface area (Å²) < 4.78 is 28.4. The van der Waals surface area contributed by atoms with Crippen molar-refractivity contribution in [3.8, 4) is 29.1 Å². The number of rotatable bonds is 6.